The molecular weight excluding hydrogens is 186 g/mol. The van der Waals surface area contributed by atoms with Crippen LogP contribution in [0.1, 0.15) is 20.3 Å². The van der Waals surface area contributed by atoms with Crippen molar-refractivity contribution in [3.63, 3.8) is 0 Å². The topological polar surface area (TPSA) is 30.3 Å². The highest BCUT2D eigenvalue weighted by atomic mass is 15.3. The second kappa shape index (κ2) is 5.89. The maximum absolute atomic E-state index is 8.98. The van der Waals surface area contributed by atoms with Crippen molar-refractivity contribution in [3.05, 3.63) is 12.7 Å². The average molecular weight is 207 g/mol. The summed E-state index contributed by atoms with van der Waals surface area (Å²) in [6, 6.07) is 2.92. The van der Waals surface area contributed by atoms with E-state index in [4.69, 9.17) is 5.26 Å². The van der Waals surface area contributed by atoms with Gasteiger partial charge in [0.25, 0.3) is 0 Å². The molecular formula is C12H21N3. The molecule has 0 aromatic carbocycles. The van der Waals surface area contributed by atoms with Gasteiger partial charge in [-0.15, -0.1) is 6.58 Å². The van der Waals surface area contributed by atoms with Crippen LogP contribution >= 0.6 is 0 Å². The minimum Gasteiger partial charge on any atom is -0.295 e. The van der Waals surface area contributed by atoms with Crippen molar-refractivity contribution < 1.29 is 0 Å². The van der Waals surface area contributed by atoms with Crippen molar-refractivity contribution in [3.8, 4) is 6.07 Å². The molecule has 0 aliphatic carbocycles. The van der Waals surface area contributed by atoms with Gasteiger partial charge in [-0.05, 0) is 13.3 Å². The average Bonchev–Trinajstić information content (AvgIpc) is 2.30. The molecule has 1 aliphatic heterocycles. The smallest absolute Gasteiger partial charge is 0.0976 e. The summed E-state index contributed by atoms with van der Waals surface area (Å²) in [6.45, 7) is 12.2. The largest absolute Gasteiger partial charge is 0.295 e. The molecule has 1 heterocycles. The van der Waals surface area contributed by atoms with E-state index in [-0.39, 0.29) is 6.04 Å². The van der Waals surface area contributed by atoms with E-state index >= 15 is 0 Å². The van der Waals surface area contributed by atoms with Gasteiger partial charge in [-0.1, -0.05) is 13.0 Å². The Labute approximate surface area is 93.0 Å². The van der Waals surface area contributed by atoms with E-state index in [1.165, 1.54) is 0 Å². The molecule has 1 rings (SSSR count). The first-order valence-electron chi connectivity index (χ1n) is 5.73. The van der Waals surface area contributed by atoms with Crippen molar-refractivity contribution in [2.75, 3.05) is 26.2 Å². The van der Waals surface area contributed by atoms with Crippen LogP contribution in [-0.4, -0.2) is 48.1 Å². The zero-order valence-corrected chi connectivity index (χ0v) is 9.82. The standard InChI is InChI=1S/C12H21N3/c1-4-11(3)14-6-8-15(9-7-14)12(5-2)10-13/h4,11-12H,1,5-9H2,2-3H3. The van der Waals surface area contributed by atoms with Crippen molar-refractivity contribution in [2.45, 2.75) is 32.4 Å². The summed E-state index contributed by atoms with van der Waals surface area (Å²) in [5.41, 5.74) is 0. The number of hydrogen-bond acceptors (Lipinski definition) is 3. The molecule has 0 saturated carbocycles. The van der Waals surface area contributed by atoms with Crippen LogP contribution in [0.25, 0.3) is 0 Å². The summed E-state index contributed by atoms with van der Waals surface area (Å²) in [7, 11) is 0. The Hall–Kier alpha value is -0.850. The SMILES string of the molecule is C=CC(C)N1CCN(C(C#N)CC)CC1. The van der Waals surface area contributed by atoms with E-state index in [0.717, 1.165) is 32.6 Å². The summed E-state index contributed by atoms with van der Waals surface area (Å²) in [5.74, 6) is 0. The number of hydrogen-bond donors (Lipinski definition) is 0. The van der Waals surface area contributed by atoms with Gasteiger partial charge in [0.1, 0.15) is 0 Å². The van der Waals surface area contributed by atoms with E-state index < -0.39 is 0 Å². The summed E-state index contributed by atoms with van der Waals surface area (Å²) in [5, 5.41) is 8.98. The predicted octanol–water partition coefficient (Wildman–Crippen LogP) is 1.48. The maximum atomic E-state index is 8.98. The van der Waals surface area contributed by atoms with Crippen LogP contribution in [0, 0.1) is 11.3 Å². The normalized spacial score (nSPS) is 23.0. The summed E-state index contributed by atoms with van der Waals surface area (Å²) in [6.07, 6.45) is 2.91. The van der Waals surface area contributed by atoms with Crippen molar-refractivity contribution in [2.24, 2.45) is 0 Å². The monoisotopic (exact) mass is 207 g/mol. The molecule has 0 spiro atoms. The van der Waals surface area contributed by atoms with Crippen molar-refractivity contribution >= 4 is 0 Å². The lowest BCUT2D eigenvalue weighted by Crippen LogP contribution is -2.51. The van der Waals surface area contributed by atoms with Gasteiger partial charge in [0.05, 0.1) is 12.1 Å². The molecule has 3 heteroatoms. The quantitative estimate of drug-likeness (QED) is 0.654. The van der Waals surface area contributed by atoms with Crippen LogP contribution in [0.15, 0.2) is 12.7 Å². The third kappa shape index (κ3) is 3.05. The third-order valence-corrected chi connectivity index (χ3v) is 3.24. The minimum atomic E-state index is 0.103. The third-order valence-electron chi connectivity index (χ3n) is 3.24. The van der Waals surface area contributed by atoms with Gasteiger partial charge >= 0.3 is 0 Å². The number of nitriles is 1. The maximum Gasteiger partial charge on any atom is 0.0976 e. The fraction of sp³-hybridized carbons (Fsp3) is 0.750. The Kier molecular flexibility index (Phi) is 4.80. The lowest BCUT2D eigenvalue weighted by atomic mass is 10.1. The van der Waals surface area contributed by atoms with Crippen LogP contribution in [-0.2, 0) is 0 Å². The Morgan fingerprint density at radius 2 is 1.87 bits per heavy atom. The number of piperazine rings is 1. The molecule has 1 saturated heterocycles. The Morgan fingerprint density at radius 1 is 1.33 bits per heavy atom. The molecule has 2 unspecified atom stereocenters. The van der Waals surface area contributed by atoms with Gasteiger partial charge < -0.3 is 0 Å². The molecule has 0 amide bonds. The zero-order chi connectivity index (χ0) is 11.3. The van der Waals surface area contributed by atoms with Gasteiger partial charge in [0.15, 0.2) is 0 Å². The molecule has 84 valence electrons. The number of rotatable bonds is 4. The van der Waals surface area contributed by atoms with Crippen LogP contribution < -0.4 is 0 Å². The molecule has 0 radical (unpaired) electrons. The van der Waals surface area contributed by atoms with E-state index in [0.29, 0.717) is 6.04 Å². The van der Waals surface area contributed by atoms with E-state index in [1.54, 1.807) is 0 Å². The molecule has 1 aliphatic rings. The minimum absolute atomic E-state index is 0.103. The van der Waals surface area contributed by atoms with Crippen LogP contribution in [0.2, 0.25) is 0 Å². The predicted molar refractivity (Wildman–Crippen MR) is 62.5 cm³/mol. The van der Waals surface area contributed by atoms with Gasteiger partial charge in [-0.25, -0.2) is 0 Å². The van der Waals surface area contributed by atoms with Crippen LogP contribution in [0.5, 0.6) is 0 Å². The van der Waals surface area contributed by atoms with Gasteiger partial charge in [-0.2, -0.15) is 5.26 Å². The van der Waals surface area contributed by atoms with E-state index in [9.17, 15) is 0 Å². The highest BCUT2D eigenvalue weighted by Crippen LogP contribution is 2.11. The lowest BCUT2D eigenvalue weighted by molar-refractivity contribution is 0.0996. The second-order valence-electron chi connectivity index (χ2n) is 4.10. The molecule has 3 nitrogen and oxygen atoms in total. The molecule has 0 aromatic heterocycles. The summed E-state index contributed by atoms with van der Waals surface area (Å²) >= 11 is 0. The Bertz CT molecular complexity index is 236. The fourth-order valence-corrected chi connectivity index (χ4v) is 2.04. The molecule has 2 atom stereocenters. The summed E-state index contributed by atoms with van der Waals surface area (Å²) in [4.78, 5) is 4.69. The van der Waals surface area contributed by atoms with Crippen molar-refractivity contribution in [1.82, 2.24) is 9.80 Å². The fourth-order valence-electron chi connectivity index (χ4n) is 2.04. The van der Waals surface area contributed by atoms with E-state index in [1.807, 2.05) is 6.08 Å². The molecule has 15 heavy (non-hydrogen) atoms. The molecule has 0 aromatic rings. The lowest BCUT2D eigenvalue weighted by Gasteiger charge is -2.38. The molecule has 0 N–H and O–H groups in total. The Balaban J connectivity index is 2.42. The Morgan fingerprint density at radius 3 is 2.27 bits per heavy atom. The van der Waals surface area contributed by atoms with Gasteiger partial charge in [-0.3, -0.25) is 9.80 Å². The second-order valence-corrected chi connectivity index (χ2v) is 4.10. The highest BCUT2D eigenvalue weighted by Gasteiger charge is 2.23. The first kappa shape index (κ1) is 12.2. The van der Waals surface area contributed by atoms with Gasteiger partial charge in [0, 0.05) is 32.2 Å². The molecule has 0 bridgehead atoms. The van der Waals surface area contributed by atoms with Crippen LogP contribution in [0.3, 0.4) is 0 Å². The van der Waals surface area contributed by atoms with Crippen molar-refractivity contribution in [1.29, 1.82) is 5.26 Å². The molecule has 1 fully saturated rings. The van der Waals surface area contributed by atoms with Crippen LogP contribution in [0.4, 0.5) is 0 Å². The first-order chi connectivity index (χ1) is 7.22. The highest BCUT2D eigenvalue weighted by molar-refractivity contribution is 4.94. The number of nitrogens with zero attached hydrogens (tertiary/aromatic N) is 3. The van der Waals surface area contributed by atoms with E-state index in [2.05, 4.69) is 36.3 Å². The zero-order valence-electron chi connectivity index (χ0n) is 9.82. The van der Waals surface area contributed by atoms with Gasteiger partial charge in [0.2, 0.25) is 0 Å². The first-order valence-corrected chi connectivity index (χ1v) is 5.73. The summed E-state index contributed by atoms with van der Waals surface area (Å²) < 4.78 is 0.